The highest BCUT2D eigenvalue weighted by Crippen LogP contribution is 2.55. The molecule has 0 radical (unpaired) electrons. The van der Waals surface area contributed by atoms with Crippen LogP contribution in [-0.2, 0) is 9.59 Å². The molecule has 7 nitrogen and oxygen atoms in total. The number of rotatable bonds is 9. The number of amides is 1. The smallest absolute Gasteiger partial charge is 0.354 e. The number of likely N-dealkylation sites (tertiary alicyclic amines) is 1. The van der Waals surface area contributed by atoms with Gasteiger partial charge in [0.1, 0.15) is 5.37 Å². The minimum atomic E-state index is -1.10. The van der Waals surface area contributed by atoms with Gasteiger partial charge in [-0.2, -0.15) is 0 Å². The molecule has 0 saturated carbocycles. The number of hydrogen-bond acceptors (Lipinski definition) is 7. The fourth-order valence-corrected chi connectivity index (χ4v) is 7.58. The van der Waals surface area contributed by atoms with Crippen LogP contribution in [0.25, 0.3) is 0 Å². The first-order valence-electron chi connectivity index (χ1n) is 10.5. The third-order valence-electron chi connectivity index (χ3n) is 6.04. The van der Waals surface area contributed by atoms with Crippen molar-refractivity contribution in [3.63, 3.8) is 0 Å². The second-order valence-corrected chi connectivity index (χ2v) is 10.7. The fourth-order valence-electron chi connectivity index (χ4n) is 4.27. The largest absolute Gasteiger partial charge is 0.477 e. The van der Waals surface area contributed by atoms with E-state index in [4.69, 9.17) is 0 Å². The summed E-state index contributed by atoms with van der Waals surface area (Å²) in [6.07, 6.45) is 1.08. The molecule has 4 atom stereocenters. The molecule has 166 valence electrons. The van der Waals surface area contributed by atoms with E-state index in [1.807, 2.05) is 37.3 Å². The average molecular weight is 463 g/mol. The minimum Gasteiger partial charge on any atom is -0.477 e. The van der Waals surface area contributed by atoms with Crippen molar-refractivity contribution in [1.29, 1.82) is 0 Å². The Kier molecular flexibility index (Phi) is 6.76. The van der Waals surface area contributed by atoms with Crippen molar-refractivity contribution in [3.05, 3.63) is 45.8 Å². The fraction of sp³-hybridized carbons (Fsp3) is 0.500. The normalized spacial score (nSPS) is 26.7. The van der Waals surface area contributed by atoms with Gasteiger partial charge in [-0.05, 0) is 19.4 Å². The van der Waals surface area contributed by atoms with E-state index >= 15 is 0 Å². The summed E-state index contributed by atoms with van der Waals surface area (Å²) in [6.45, 7) is 4.14. The van der Waals surface area contributed by atoms with E-state index in [0.717, 1.165) is 25.1 Å². The lowest BCUT2D eigenvalue weighted by atomic mass is 9.90. The number of Topliss-reactive ketones (excluding diaryl/α,β-unsaturated/α-hetero) is 1. The molecule has 0 spiro atoms. The molecular formula is C22H26N2O5S2. The highest BCUT2D eigenvalue weighted by Gasteiger charge is 2.58. The van der Waals surface area contributed by atoms with Crippen molar-refractivity contribution < 1.29 is 24.6 Å². The predicted molar refractivity (Wildman–Crippen MR) is 121 cm³/mol. The van der Waals surface area contributed by atoms with Crippen molar-refractivity contribution in [2.75, 3.05) is 19.6 Å². The van der Waals surface area contributed by atoms with Gasteiger partial charge in [-0.15, -0.1) is 11.8 Å². The number of carbonyl (C=O) groups is 3. The number of carboxylic acid groups (broad SMARTS) is 1. The maximum Gasteiger partial charge on any atom is 0.354 e. The van der Waals surface area contributed by atoms with Gasteiger partial charge in [0.05, 0.1) is 16.3 Å². The Labute approximate surface area is 189 Å². The molecule has 1 amide bonds. The van der Waals surface area contributed by atoms with E-state index < -0.39 is 18.0 Å². The van der Waals surface area contributed by atoms with Gasteiger partial charge in [0.2, 0.25) is 5.91 Å². The summed E-state index contributed by atoms with van der Waals surface area (Å²) < 4.78 is 0.656. The summed E-state index contributed by atoms with van der Waals surface area (Å²) in [5.41, 5.74) is 0.784. The number of thioether (sulfide) groups is 2. The number of hydrogen-bond donors (Lipinski definition) is 2. The molecular weight excluding hydrogens is 436 g/mol. The second kappa shape index (κ2) is 9.36. The number of carboxylic acids is 1. The SMILES string of the molecule is CCC(O)C1C(=O)N2C(C(=O)O)=C(SC3CCN(CCC(=O)c4ccccc4)C3)SC12. The van der Waals surface area contributed by atoms with Crippen molar-refractivity contribution in [1.82, 2.24) is 9.80 Å². The van der Waals surface area contributed by atoms with E-state index in [2.05, 4.69) is 4.90 Å². The zero-order chi connectivity index (χ0) is 22.1. The topological polar surface area (TPSA) is 98.2 Å². The maximum atomic E-state index is 12.5. The number of benzene rings is 1. The minimum absolute atomic E-state index is 0.0576. The number of aliphatic hydroxyl groups excluding tert-OH is 1. The number of ketones is 1. The first-order valence-corrected chi connectivity index (χ1v) is 12.3. The van der Waals surface area contributed by atoms with Crippen molar-refractivity contribution >= 4 is 41.2 Å². The molecule has 4 rings (SSSR count). The molecule has 4 unspecified atom stereocenters. The Bertz CT molecular complexity index is 906. The maximum absolute atomic E-state index is 12.5. The van der Waals surface area contributed by atoms with E-state index in [9.17, 15) is 24.6 Å². The Morgan fingerprint density at radius 2 is 2.03 bits per heavy atom. The van der Waals surface area contributed by atoms with Gasteiger partial charge in [-0.3, -0.25) is 14.5 Å². The number of fused-ring (bicyclic) bond motifs is 1. The van der Waals surface area contributed by atoms with Crippen LogP contribution in [-0.4, -0.2) is 74.0 Å². The summed E-state index contributed by atoms with van der Waals surface area (Å²) in [4.78, 5) is 40.2. The van der Waals surface area contributed by atoms with Crippen LogP contribution < -0.4 is 0 Å². The highest BCUT2D eigenvalue weighted by molar-refractivity contribution is 8.23. The number of β-lactam (4-membered cyclic amide) rings is 1. The van der Waals surface area contributed by atoms with Crippen LogP contribution in [0.3, 0.4) is 0 Å². The zero-order valence-corrected chi connectivity index (χ0v) is 18.9. The van der Waals surface area contributed by atoms with E-state index in [0.29, 0.717) is 23.6 Å². The standard InChI is InChI=1S/C22H26N2O5S2/c1-2-15(25)17-19(27)24-18(21(28)29)22(31-20(17)24)30-14-8-10-23(12-14)11-9-16(26)13-6-4-3-5-7-13/h3-7,14-15,17,20,25H,2,8-12H2,1H3,(H,28,29). The van der Waals surface area contributed by atoms with Gasteiger partial charge >= 0.3 is 5.97 Å². The lowest BCUT2D eigenvalue weighted by Gasteiger charge is -2.44. The zero-order valence-electron chi connectivity index (χ0n) is 17.3. The lowest BCUT2D eigenvalue weighted by molar-refractivity contribution is -0.157. The Hall–Kier alpha value is -1.81. The van der Waals surface area contributed by atoms with Crippen molar-refractivity contribution in [2.45, 2.75) is 42.9 Å². The predicted octanol–water partition coefficient (Wildman–Crippen LogP) is 2.62. The van der Waals surface area contributed by atoms with Crippen molar-refractivity contribution in [2.24, 2.45) is 5.92 Å². The Morgan fingerprint density at radius 3 is 2.71 bits per heavy atom. The van der Waals surface area contributed by atoms with Crippen LogP contribution in [0.1, 0.15) is 36.5 Å². The van der Waals surface area contributed by atoms with Crippen LogP contribution in [0, 0.1) is 5.92 Å². The Balaban J connectivity index is 1.34. The molecule has 2 N–H and O–H groups in total. The number of carbonyl (C=O) groups excluding carboxylic acids is 2. The van der Waals surface area contributed by atoms with Crippen LogP contribution in [0.15, 0.2) is 40.3 Å². The van der Waals surface area contributed by atoms with Gasteiger partial charge in [-0.1, -0.05) is 49.0 Å². The first-order chi connectivity index (χ1) is 14.9. The lowest BCUT2D eigenvalue weighted by Crippen LogP contribution is -2.61. The molecule has 1 aromatic rings. The molecule has 0 aromatic heterocycles. The summed E-state index contributed by atoms with van der Waals surface area (Å²) in [7, 11) is 0. The molecule has 3 aliphatic heterocycles. The van der Waals surface area contributed by atoms with Crippen LogP contribution in [0.2, 0.25) is 0 Å². The molecule has 9 heteroatoms. The first kappa shape index (κ1) is 22.4. The summed E-state index contributed by atoms with van der Waals surface area (Å²) in [5, 5.41) is 19.7. The van der Waals surface area contributed by atoms with Gasteiger partial charge in [-0.25, -0.2) is 4.79 Å². The highest BCUT2D eigenvalue weighted by atomic mass is 32.2. The van der Waals surface area contributed by atoms with E-state index in [-0.39, 0.29) is 28.0 Å². The van der Waals surface area contributed by atoms with E-state index in [1.54, 1.807) is 0 Å². The van der Waals surface area contributed by atoms with Gasteiger partial charge in [0.25, 0.3) is 0 Å². The summed E-state index contributed by atoms with van der Waals surface area (Å²) in [5.74, 6) is -1.81. The summed E-state index contributed by atoms with van der Waals surface area (Å²) >= 11 is 2.91. The van der Waals surface area contributed by atoms with Gasteiger partial charge in [0, 0.05) is 30.3 Å². The molecule has 31 heavy (non-hydrogen) atoms. The molecule has 1 aromatic carbocycles. The molecule has 3 heterocycles. The monoisotopic (exact) mass is 462 g/mol. The number of aliphatic carboxylic acids is 1. The Morgan fingerprint density at radius 1 is 1.29 bits per heavy atom. The molecule has 2 fully saturated rings. The van der Waals surface area contributed by atoms with Gasteiger partial charge < -0.3 is 15.1 Å². The van der Waals surface area contributed by atoms with E-state index in [1.165, 1.54) is 28.4 Å². The second-order valence-electron chi connectivity index (χ2n) is 8.03. The molecule has 2 saturated heterocycles. The van der Waals surface area contributed by atoms with Crippen molar-refractivity contribution in [3.8, 4) is 0 Å². The van der Waals surface area contributed by atoms with Gasteiger partial charge in [0.15, 0.2) is 11.5 Å². The number of aliphatic hydroxyl groups is 1. The molecule has 3 aliphatic rings. The average Bonchev–Trinajstić information content (AvgIpc) is 3.35. The van der Waals surface area contributed by atoms with Crippen LogP contribution in [0.5, 0.6) is 0 Å². The third kappa shape index (κ3) is 4.41. The number of nitrogens with zero attached hydrogens (tertiary/aromatic N) is 2. The summed E-state index contributed by atoms with van der Waals surface area (Å²) in [6, 6.07) is 9.27. The molecule has 0 bridgehead atoms. The van der Waals surface area contributed by atoms with Crippen LogP contribution in [0.4, 0.5) is 0 Å². The third-order valence-corrected chi connectivity index (χ3v) is 8.89. The molecule has 0 aliphatic carbocycles. The van der Waals surface area contributed by atoms with Crippen LogP contribution >= 0.6 is 23.5 Å². The quantitative estimate of drug-likeness (QED) is 0.427.